The van der Waals surface area contributed by atoms with Crippen molar-refractivity contribution >= 4 is 49.4 Å². The highest BCUT2D eigenvalue weighted by Gasteiger charge is 2.23. The molecule has 146 valence electrons. The van der Waals surface area contributed by atoms with E-state index in [0.717, 1.165) is 4.47 Å². The second kappa shape index (κ2) is 9.50. The molecule has 1 aromatic carbocycles. The Labute approximate surface area is 175 Å². The average Bonchev–Trinajstić information content (AvgIpc) is 2.92. The molecule has 1 amide bonds. The van der Waals surface area contributed by atoms with Crippen LogP contribution in [0.3, 0.4) is 0 Å². The van der Waals surface area contributed by atoms with Crippen LogP contribution in [0.15, 0.2) is 27.4 Å². The van der Waals surface area contributed by atoms with Crippen molar-refractivity contribution < 1.29 is 14.3 Å². The van der Waals surface area contributed by atoms with Gasteiger partial charge in [-0.3, -0.25) is 4.79 Å². The summed E-state index contributed by atoms with van der Waals surface area (Å²) in [5.74, 6) is -0.352. The zero-order valence-electron chi connectivity index (χ0n) is 15.8. The zero-order chi connectivity index (χ0) is 20.1. The Morgan fingerprint density at radius 1 is 1.26 bits per heavy atom. The van der Waals surface area contributed by atoms with Crippen LogP contribution in [-0.2, 0) is 22.5 Å². The van der Waals surface area contributed by atoms with E-state index >= 15 is 0 Å². The smallest absolute Gasteiger partial charge is 0.356 e. The number of nitrogens with zero attached hydrogens (tertiary/aromatic N) is 2. The summed E-state index contributed by atoms with van der Waals surface area (Å²) in [4.78, 5) is 29.2. The Kier molecular flexibility index (Phi) is 7.61. The molecule has 0 bridgehead atoms. The molecule has 0 saturated carbocycles. The summed E-state index contributed by atoms with van der Waals surface area (Å²) in [5, 5.41) is 2.87. The molecule has 0 aliphatic carbocycles. The van der Waals surface area contributed by atoms with Crippen LogP contribution in [0.4, 0.5) is 5.69 Å². The van der Waals surface area contributed by atoms with Gasteiger partial charge in [0.1, 0.15) is 6.54 Å². The number of hydrogen-bond donors (Lipinski definition) is 1. The lowest BCUT2D eigenvalue weighted by molar-refractivity contribution is -0.116. The van der Waals surface area contributed by atoms with E-state index in [-0.39, 0.29) is 19.1 Å². The molecule has 6 nitrogen and oxygen atoms in total. The summed E-state index contributed by atoms with van der Waals surface area (Å²) < 4.78 is 7.88. The largest absolute Gasteiger partial charge is 0.461 e. The second-order valence-electron chi connectivity index (χ2n) is 6.28. The highest BCUT2D eigenvalue weighted by Crippen LogP contribution is 2.27. The van der Waals surface area contributed by atoms with Crippen LogP contribution >= 0.6 is 31.9 Å². The van der Waals surface area contributed by atoms with Crippen molar-refractivity contribution in [2.24, 2.45) is 0 Å². The van der Waals surface area contributed by atoms with Crippen LogP contribution in [0.25, 0.3) is 0 Å². The predicted octanol–water partition coefficient (Wildman–Crippen LogP) is 4.91. The lowest BCUT2D eigenvalue weighted by Gasteiger charge is -2.13. The second-order valence-corrected chi connectivity index (χ2v) is 7.84. The summed E-state index contributed by atoms with van der Waals surface area (Å²) in [6.07, 6.45) is 0.559. The van der Waals surface area contributed by atoms with E-state index in [9.17, 15) is 9.59 Å². The van der Waals surface area contributed by atoms with Gasteiger partial charge in [0, 0.05) is 4.47 Å². The molecule has 0 aliphatic rings. The van der Waals surface area contributed by atoms with Gasteiger partial charge in [-0.2, -0.15) is 0 Å². The van der Waals surface area contributed by atoms with E-state index in [1.807, 2.05) is 25.1 Å². The number of halogens is 2. The Morgan fingerprint density at radius 3 is 2.52 bits per heavy atom. The number of aromatic nitrogens is 2. The van der Waals surface area contributed by atoms with Gasteiger partial charge in [-0.25, -0.2) is 9.78 Å². The maximum absolute atomic E-state index is 12.6. The Bertz CT molecular complexity index is 847. The maximum Gasteiger partial charge on any atom is 0.356 e. The Hall–Kier alpha value is -1.67. The third-order valence-corrected chi connectivity index (χ3v) is 5.29. The van der Waals surface area contributed by atoms with Crippen LogP contribution in [-0.4, -0.2) is 28.0 Å². The van der Waals surface area contributed by atoms with E-state index in [2.05, 4.69) is 56.0 Å². The van der Waals surface area contributed by atoms with Crippen LogP contribution < -0.4 is 5.32 Å². The number of anilines is 1. The number of nitrogens with one attached hydrogen (secondary N) is 1. The van der Waals surface area contributed by atoms with E-state index in [1.165, 1.54) is 10.1 Å². The highest BCUT2D eigenvalue weighted by atomic mass is 79.9. The zero-order valence-corrected chi connectivity index (χ0v) is 19.0. The minimum atomic E-state index is -0.484. The number of ether oxygens (including phenoxy) is 1. The van der Waals surface area contributed by atoms with Crippen molar-refractivity contribution in [3.05, 3.63) is 44.4 Å². The number of esters is 1. The molecule has 0 atom stereocenters. The lowest BCUT2D eigenvalue weighted by atomic mass is 10.0. The van der Waals surface area contributed by atoms with Crippen molar-refractivity contribution in [3.63, 3.8) is 0 Å². The van der Waals surface area contributed by atoms with Crippen molar-refractivity contribution in [2.75, 3.05) is 11.9 Å². The summed E-state index contributed by atoms with van der Waals surface area (Å²) >= 11 is 6.84. The molecule has 1 aromatic heterocycles. The van der Waals surface area contributed by atoms with Gasteiger partial charge in [0.05, 0.1) is 18.0 Å². The van der Waals surface area contributed by atoms with E-state index in [1.54, 1.807) is 6.92 Å². The monoisotopic (exact) mass is 499 g/mol. The van der Waals surface area contributed by atoms with Crippen molar-refractivity contribution in [1.82, 2.24) is 9.55 Å². The van der Waals surface area contributed by atoms with Gasteiger partial charge in [0.15, 0.2) is 10.4 Å². The van der Waals surface area contributed by atoms with Crippen molar-refractivity contribution in [3.8, 4) is 0 Å². The van der Waals surface area contributed by atoms with Gasteiger partial charge in [-0.1, -0.05) is 26.8 Å². The summed E-state index contributed by atoms with van der Waals surface area (Å²) in [6.45, 7) is 8.06. The molecule has 27 heavy (non-hydrogen) atoms. The SMILES string of the molecule is CCOC(=O)c1c(CC)nc(Br)n1CC(=O)Nc1ccc(C(C)C)cc1Br. The van der Waals surface area contributed by atoms with Crippen molar-refractivity contribution in [1.29, 1.82) is 0 Å². The number of imidazole rings is 1. The highest BCUT2D eigenvalue weighted by molar-refractivity contribution is 9.10. The summed E-state index contributed by atoms with van der Waals surface area (Å²) in [5.41, 5.74) is 2.75. The predicted molar refractivity (Wildman–Crippen MR) is 112 cm³/mol. The first-order chi connectivity index (χ1) is 12.8. The first-order valence-electron chi connectivity index (χ1n) is 8.79. The molecule has 0 unspecified atom stereocenters. The fraction of sp³-hybridized carbons (Fsp3) is 0.421. The van der Waals surface area contributed by atoms with Crippen LogP contribution in [0.1, 0.15) is 55.4 Å². The molecule has 0 radical (unpaired) electrons. The molecule has 1 N–H and O–H groups in total. The number of carbonyl (C=O) groups is 2. The molecule has 8 heteroatoms. The number of amides is 1. The molecular formula is C19H23Br2N3O3. The average molecular weight is 501 g/mol. The van der Waals surface area contributed by atoms with Gasteiger partial charge in [-0.15, -0.1) is 0 Å². The lowest BCUT2D eigenvalue weighted by Crippen LogP contribution is -2.23. The Morgan fingerprint density at radius 2 is 1.96 bits per heavy atom. The molecule has 2 aromatic rings. The number of carbonyl (C=O) groups excluding carboxylic acids is 2. The minimum absolute atomic E-state index is 0.0555. The first kappa shape index (κ1) is 21.6. The number of aryl methyl sites for hydroxylation is 1. The third kappa shape index (κ3) is 5.19. The molecule has 2 rings (SSSR count). The molecule has 0 saturated heterocycles. The van der Waals surface area contributed by atoms with E-state index in [4.69, 9.17) is 4.74 Å². The molecule has 1 heterocycles. The molecular weight excluding hydrogens is 478 g/mol. The topological polar surface area (TPSA) is 73.2 Å². The van der Waals surface area contributed by atoms with Crippen LogP contribution in [0, 0.1) is 0 Å². The summed E-state index contributed by atoms with van der Waals surface area (Å²) in [6, 6.07) is 5.84. The van der Waals surface area contributed by atoms with E-state index in [0.29, 0.717) is 34.1 Å². The Balaban J connectivity index is 2.23. The normalized spacial score (nSPS) is 10.9. The van der Waals surface area contributed by atoms with Crippen molar-refractivity contribution in [2.45, 2.75) is 46.6 Å². The summed E-state index contributed by atoms with van der Waals surface area (Å²) in [7, 11) is 0. The minimum Gasteiger partial charge on any atom is -0.461 e. The van der Waals surface area contributed by atoms with Crippen LogP contribution in [0.2, 0.25) is 0 Å². The standard InChI is InChI=1S/C19H23Br2N3O3/c1-5-14-17(18(26)27-6-2)24(19(21)23-14)10-16(25)22-15-8-7-12(11(3)4)9-13(15)20/h7-9,11H,5-6,10H2,1-4H3,(H,22,25). The van der Waals surface area contributed by atoms with Gasteiger partial charge in [0.2, 0.25) is 5.91 Å². The maximum atomic E-state index is 12.6. The molecule has 0 aliphatic heterocycles. The number of benzene rings is 1. The fourth-order valence-electron chi connectivity index (χ4n) is 2.62. The van der Waals surface area contributed by atoms with Gasteiger partial charge in [-0.05, 0) is 68.8 Å². The first-order valence-corrected chi connectivity index (χ1v) is 10.4. The number of hydrogen-bond acceptors (Lipinski definition) is 4. The number of rotatable bonds is 7. The van der Waals surface area contributed by atoms with Gasteiger partial charge < -0.3 is 14.6 Å². The van der Waals surface area contributed by atoms with Crippen LogP contribution in [0.5, 0.6) is 0 Å². The fourth-order valence-corrected chi connectivity index (χ4v) is 3.63. The quantitative estimate of drug-likeness (QED) is 0.548. The van der Waals surface area contributed by atoms with E-state index < -0.39 is 5.97 Å². The molecule has 0 spiro atoms. The third-order valence-electron chi connectivity index (χ3n) is 4.03. The van der Waals surface area contributed by atoms with Gasteiger partial charge >= 0.3 is 5.97 Å². The molecule has 0 fully saturated rings. The van der Waals surface area contributed by atoms with Gasteiger partial charge in [0.25, 0.3) is 0 Å².